The van der Waals surface area contributed by atoms with Gasteiger partial charge >= 0.3 is 0 Å². The summed E-state index contributed by atoms with van der Waals surface area (Å²) < 4.78 is 13.5. The lowest BCUT2D eigenvalue weighted by Gasteiger charge is -2.14. The third kappa shape index (κ3) is 3.53. The van der Waals surface area contributed by atoms with Crippen molar-refractivity contribution < 1.29 is 4.39 Å². The predicted octanol–water partition coefficient (Wildman–Crippen LogP) is 2.57. The summed E-state index contributed by atoms with van der Waals surface area (Å²) in [6.45, 7) is 9.36. The quantitative estimate of drug-likeness (QED) is 0.864. The second-order valence-corrected chi connectivity index (χ2v) is 5.27. The van der Waals surface area contributed by atoms with E-state index >= 15 is 0 Å². The number of benzene rings is 1. The molecule has 1 aliphatic heterocycles. The molecule has 1 aliphatic rings. The zero-order chi connectivity index (χ0) is 13.0. The first-order valence-corrected chi connectivity index (χ1v) is 6.87. The molecule has 1 unspecified atom stereocenters. The Morgan fingerprint density at radius 3 is 3.00 bits per heavy atom. The van der Waals surface area contributed by atoms with Gasteiger partial charge in [0.05, 0.1) is 0 Å². The van der Waals surface area contributed by atoms with E-state index in [0.29, 0.717) is 6.54 Å². The van der Waals surface area contributed by atoms with Crippen LogP contribution in [0, 0.1) is 18.7 Å². The summed E-state index contributed by atoms with van der Waals surface area (Å²) >= 11 is 0. The van der Waals surface area contributed by atoms with Gasteiger partial charge in [0.1, 0.15) is 5.82 Å². The molecule has 100 valence electrons. The van der Waals surface area contributed by atoms with Gasteiger partial charge in [-0.2, -0.15) is 0 Å². The van der Waals surface area contributed by atoms with Crippen molar-refractivity contribution in [3.05, 3.63) is 35.1 Å². The van der Waals surface area contributed by atoms with E-state index in [2.05, 4.69) is 17.1 Å². The number of likely N-dealkylation sites (tertiary alicyclic amines) is 1. The summed E-state index contributed by atoms with van der Waals surface area (Å²) in [5, 5.41) is 3.39. The van der Waals surface area contributed by atoms with Crippen LogP contribution in [0.2, 0.25) is 0 Å². The normalized spacial score (nSPS) is 20.5. The largest absolute Gasteiger partial charge is 0.312 e. The molecule has 1 atom stereocenters. The molecule has 1 aromatic carbocycles. The number of nitrogens with one attached hydrogen (secondary N) is 1. The van der Waals surface area contributed by atoms with Gasteiger partial charge in [0.2, 0.25) is 0 Å². The van der Waals surface area contributed by atoms with E-state index in [1.165, 1.54) is 19.5 Å². The number of hydrogen-bond donors (Lipinski definition) is 1. The van der Waals surface area contributed by atoms with E-state index in [1.54, 1.807) is 6.07 Å². The van der Waals surface area contributed by atoms with E-state index < -0.39 is 0 Å². The van der Waals surface area contributed by atoms with Crippen molar-refractivity contribution in [1.82, 2.24) is 10.2 Å². The fraction of sp³-hybridized carbons (Fsp3) is 0.600. The van der Waals surface area contributed by atoms with Crippen LogP contribution < -0.4 is 5.32 Å². The first-order valence-electron chi connectivity index (χ1n) is 6.87. The summed E-state index contributed by atoms with van der Waals surface area (Å²) in [7, 11) is 0. The Kier molecular flexibility index (Phi) is 4.72. The van der Waals surface area contributed by atoms with Crippen molar-refractivity contribution in [2.24, 2.45) is 5.92 Å². The van der Waals surface area contributed by atoms with Gasteiger partial charge in [-0.3, -0.25) is 0 Å². The third-order valence-electron chi connectivity index (χ3n) is 3.77. The lowest BCUT2D eigenvalue weighted by molar-refractivity contribution is 0.338. The van der Waals surface area contributed by atoms with E-state index in [9.17, 15) is 4.39 Å². The van der Waals surface area contributed by atoms with E-state index in [1.807, 2.05) is 19.1 Å². The molecule has 18 heavy (non-hydrogen) atoms. The van der Waals surface area contributed by atoms with Crippen LogP contribution in [0.25, 0.3) is 0 Å². The second kappa shape index (κ2) is 6.30. The molecule has 1 N–H and O–H groups in total. The smallest absolute Gasteiger partial charge is 0.127 e. The molecule has 3 heteroatoms. The maximum Gasteiger partial charge on any atom is 0.127 e. The van der Waals surface area contributed by atoms with E-state index in [0.717, 1.165) is 30.1 Å². The Bertz CT molecular complexity index is 392. The topological polar surface area (TPSA) is 15.3 Å². The minimum atomic E-state index is -0.102. The summed E-state index contributed by atoms with van der Waals surface area (Å²) in [5.41, 5.74) is 1.89. The van der Waals surface area contributed by atoms with Crippen molar-refractivity contribution in [1.29, 1.82) is 0 Å². The summed E-state index contributed by atoms with van der Waals surface area (Å²) in [6.07, 6.45) is 1.26. The summed E-state index contributed by atoms with van der Waals surface area (Å²) in [6, 6.07) is 5.30. The SMILES string of the molecule is CCN1CCC(CNCc2cc(C)ccc2F)C1. The molecular formula is C15H23FN2. The Morgan fingerprint density at radius 1 is 1.44 bits per heavy atom. The molecular weight excluding hydrogens is 227 g/mol. The van der Waals surface area contributed by atoms with Crippen LogP contribution in [-0.2, 0) is 6.54 Å². The van der Waals surface area contributed by atoms with Gasteiger partial charge in [0.15, 0.2) is 0 Å². The highest BCUT2D eigenvalue weighted by atomic mass is 19.1. The molecule has 0 bridgehead atoms. The van der Waals surface area contributed by atoms with E-state index in [-0.39, 0.29) is 5.82 Å². The van der Waals surface area contributed by atoms with Crippen molar-refractivity contribution in [3.63, 3.8) is 0 Å². The monoisotopic (exact) mass is 250 g/mol. The first-order chi connectivity index (χ1) is 8.69. The number of hydrogen-bond acceptors (Lipinski definition) is 2. The fourth-order valence-electron chi connectivity index (χ4n) is 2.62. The van der Waals surface area contributed by atoms with Crippen molar-refractivity contribution in [2.75, 3.05) is 26.2 Å². The molecule has 1 saturated heterocycles. The van der Waals surface area contributed by atoms with Crippen molar-refractivity contribution in [3.8, 4) is 0 Å². The summed E-state index contributed by atoms with van der Waals surface area (Å²) in [5.74, 6) is 0.618. The van der Waals surface area contributed by atoms with Crippen LogP contribution in [0.1, 0.15) is 24.5 Å². The molecule has 1 fully saturated rings. The van der Waals surface area contributed by atoms with Gasteiger partial charge in [-0.1, -0.05) is 24.6 Å². The molecule has 0 radical (unpaired) electrons. The molecule has 0 saturated carbocycles. The van der Waals surface area contributed by atoms with E-state index in [4.69, 9.17) is 0 Å². The number of rotatable bonds is 5. The molecule has 2 nitrogen and oxygen atoms in total. The van der Waals surface area contributed by atoms with Gasteiger partial charge in [-0.25, -0.2) is 4.39 Å². The molecule has 0 aromatic heterocycles. The molecule has 2 rings (SSSR count). The second-order valence-electron chi connectivity index (χ2n) is 5.27. The molecule has 1 aromatic rings. The maximum absolute atomic E-state index is 13.5. The molecule has 0 aliphatic carbocycles. The maximum atomic E-state index is 13.5. The van der Waals surface area contributed by atoms with Gasteiger partial charge < -0.3 is 10.2 Å². The van der Waals surface area contributed by atoms with Crippen LogP contribution in [0.4, 0.5) is 4.39 Å². The highest BCUT2D eigenvalue weighted by Crippen LogP contribution is 2.15. The highest BCUT2D eigenvalue weighted by Gasteiger charge is 2.20. The summed E-state index contributed by atoms with van der Waals surface area (Å²) in [4.78, 5) is 2.47. The van der Waals surface area contributed by atoms with Crippen molar-refractivity contribution >= 4 is 0 Å². The Balaban J connectivity index is 1.77. The average Bonchev–Trinajstić information content (AvgIpc) is 2.81. The highest BCUT2D eigenvalue weighted by molar-refractivity contribution is 5.23. The van der Waals surface area contributed by atoms with Crippen LogP contribution in [-0.4, -0.2) is 31.1 Å². The minimum absolute atomic E-state index is 0.102. The predicted molar refractivity (Wildman–Crippen MR) is 73.1 cm³/mol. The fourth-order valence-corrected chi connectivity index (χ4v) is 2.62. The molecule has 0 spiro atoms. The Hall–Kier alpha value is -0.930. The van der Waals surface area contributed by atoms with Crippen LogP contribution in [0.5, 0.6) is 0 Å². The average molecular weight is 250 g/mol. The van der Waals surface area contributed by atoms with Crippen LogP contribution in [0.15, 0.2) is 18.2 Å². The zero-order valence-electron chi connectivity index (χ0n) is 11.4. The zero-order valence-corrected chi connectivity index (χ0v) is 11.4. The standard InChI is InChI=1S/C15H23FN2/c1-3-18-7-6-13(11-18)9-17-10-14-8-12(2)4-5-15(14)16/h4-5,8,13,17H,3,6-7,9-11H2,1-2H3. The number of nitrogens with zero attached hydrogens (tertiary/aromatic N) is 1. The van der Waals surface area contributed by atoms with Gasteiger partial charge in [0, 0.05) is 18.7 Å². The third-order valence-corrected chi connectivity index (χ3v) is 3.77. The van der Waals surface area contributed by atoms with Gasteiger partial charge in [0.25, 0.3) is 0 Å². The number of halogens is 1. The molecule has 1 heterocycles. The van der Waals surface area contributed by atoms with Gasteiger partial charge in [-0.05, 0) is 45.0 Å². The lowest BCUT2D eigenvalue weighted by Crippen LogP contribution is -2.26. The van der Waals surface area contributed by atoms with Crippen LogP contribution >= 0.6 is 0 Å². The Morgan fingerprint density at radius 2 is 2.28 bits per heavy atom. The van der Waals surface area contributed by atoms with Gasteiger partial charge in [-0.15, -0.1) is 0 Å². The Labute approximate surface area is 109 Å². The number of aryl methyl sites for hydroxylation is 1. The first kappa shape index (κ1) is 13.5. The lowest BCUT2D eigenvalue weighted by atomic mass is 10.1. The van der Waals surface area contributed by atoms with Crippen LogP contribution in [0.3, 0.4) is 0 Å². The molecule has 0 amide bonds. The minimum Gasteiger partial charge on any atom is -0.312 e. The van der Waals surface area contributed by atoms with Crippen molar-refractivity contribution in [2.45, 2.75) is 26.8 Å².